The van der Waals surface area contributed by atoms with E-state index in [1.807, 2.05) is 0 Å². The van der Waals surface area contributed by atoms with Gasteiger partial charge in [-0.2, -0.15) is 0 Å². The quantitative estimate of drug-likeness (QED) is 0.557. The molecule has 0 aromatic carbocycles. The molecule has 2 aliphatic carbocycles. The monoisotopic (exact) mass is 178 g/mol. The van der Waals surface area contributed by atoms with E-state index in [2.05, 4.69) is 40.7 Å². The van der Waals surface area contributed by atoms with Crippen molar-refractivity contribution in [3.8, 4) is 0 Å². The van der Waals surface area contributed by atoms with Gasteiger partial charge in [0.15, 0.2) is 0 Å². The molecule has 74 valence electrons. The van der Waals surface area contributed by atoms with Gasteiger partial charge in [-0.15, -0.1) is 0 Å². The zero-order valence-electron chi connectivity index (χ0n) is 9.70. The van der Waals surface area contributed by atoms with Gasteiger partial charge in [-0.05, 0) is 30.1 Å². The van der Waals surface area contributed by atoms with E-state index >= 15 is 0 Å². The topological polar surface area (TPSA) is 0 Å². The molecule has 0 heteroatoms. The zero-order chi connectivity index (χ0) is 9.91. The van der Waals surface area contributed by atoms with E-state index in [1.165, 1.54) is 19.3 Å². The van der Waals surface area contributed by atoms with E-state index in [-0.39, 0.29) is 0 Å². The van der Waals surface area contributed by atoms with Crippen LogP contribution in [0, 0.1) is 16.2 Å². The summed E-state index contributed by atoms with van der Waals surface area (Å²) in [5, 5.41) is 0. The van der Waals surface area contributed by atoms with Crippen LogP contribution in [0.3, 0.4) is 0 Å². The van der Waals surface area contributed by atoms with Gasteiger partial charge in [0, 0.05) is 5.41 Å². The summed E-state index contributed by atoms with van der Waals surface area (Å²) in [5.74, 6) is 0. The fraction of sp³-hybridized carbons (Fsp3) is 0.846. The first-order valence-electron chi connectivity index (χ1n) is 5.67. The van der Waals surface area contributed by atoms with Crippen molar-refractivity contribution in [2.45, 2.75) is 53.9 Å². The van der Waals surface area contributed by atoms with E-state index < -0.39 is 0 Å². The van der Waals surface area contributed by atoms with Gasteiger partial charge in [0.05, 0.1) is 0 Å². The van der Waals surface area contributed by atoms with Gasteiger partial charge in [-0.25, -0.2) is 0 Å². The van der Waals surface area contributed by atoms with Crippen LogP contribution in [0.1, 0.15) is 53.9 Å². The first-order chi connectivity index (χ1) is 5.98. The molecule has 0 nitrogen and oxygen atoms in total. The molecule has 0 amide bonds. The SMILES string of the molecule is CCC1=CCC2(C)C(C)(CC)C12C. The molecule has 0 heterocycles. The van der Waals surface area contributed by atoms with E-state index in [0.717, 1.165) is 0 Å². The van der Waals surface area contributed by atoms with Gasteiger partial charge in [-0.1, -0.05) is 46.3 Å². The Hall–Kier alpha value is -0.260. The number of hydrogen-bond donors (Lipinski definition) is 0. The van der Waals surface area contributed by atoms with Crippen LogP contribution in [-0.4, -0.2) is 0 Å². The summed E-state index contributed by atoms with van der Waals surface area (Å²) < 4.78 is 0. The Balaban J connectivity index is 2.40. The predicted molar refractivity (Wildman–Crippen MR) is 57.6 cm³/mol. The lowest BCUT2D eigenvalue weighted by Crippen LogP contribution is -2.09. The van der Waals surface area contributed by atoms with Crippen molar-refractivity contribution >= 4 is 0 Å². The zero-order valence-corrected chi connectivity index (χ0v) is 9.70. The number of rotatable bonds is 2. The van der Waals surface area contributed by atoms with Crippen molar-refractivity contribution < 1.29 is 0 Å². The van der Waals surface area contributed by atoms with Gasteiger partial charge in [0.25, 0.3) is 0 Å². The lowest BCUT2D eigenvalue weighted by molar-refractivity contribution is 0.373. The smallest absolute Gasteiger partial charge is 0.000499 e. The summed E-state index contributed by atoms with van der Waals surface area (Å²) in [6.07, 6.45) is 6.40. The molecule has 13 heavy (non-hydrogen) atoms. The van der Waals surface area contributed by atoms with Gasteiger partial charge in [-0.3, -0.25) is 0 Å². The highest BCUT2D eigenvalue weighted by molar-refractivity contribution is 5.43. The Kier molecular flexibility index (Phi) is 1.58. The molecule has 3 unspecified atom stereocenters. The van der Waals surface area contributed by atoms with Crippen molar-refractivity contribution in [3.05, 3.63) is 11.6 Å². The minimum Gasteiger partial charge on any atom is -0.0842 e. The van der Waals surface area contributed by atoms with Crippen LogP contribution in [-0.2, 0) is 0 Å². The highest BCUT2D eigenvalue weighted by Crippen LogP contribution is 2.86. The second-order valence-electron chi connectivity index (χ2n) is 5.43. The standard InChI is InChI=1S/C13H22/c1-6-10-8-9-12(4)11(3,7-2)13(10,12)5/h8H,6-7,9H2,1-5H3. The van der Waals surface area contributed by atoms with Crippen LogP contribution in [0.4, 0.5) is 0 Å². The molecule has 2 rings (SSSR count). The maximum atomic E-state index is 2.50. The molecular formula is C13H22. The molecule has 1 saturated carbocycles. The Labute approximate surface area is 82.4 Å². The summed E-state index contributed by atoms with van der Waals surface area (Å²) in [6, 6.07) is 0. The predicted octanol–water partition coefficient (Wildman–Crippen LogP) is 4.17. The fourth-order valence-electron chi connectivity index (χ4n) is 4.22. The Bertz CT molecular complexity index is 276. The summed E-state index contributed by atoms with van der Waals surface area (Å²) in [7, 11) is 0. The van der Waals surface area contributed by atoms with Crippen LogP contribution >= 0.6 is 0 Å². The molecule has 0 N–H and O–H groups in total. The molecule has 0 aromatic rings. The molecule has 0 radical (unpaired) electrons. The second kappa shape index (κ2) is 2.21. The van der Waals surface area contributed by atoms with E-state index in [9.17, 15) is 0 Å². The highest BCUT2D eigenvalue weighted by Gasteiger charge is 2.79. The van der Waals surface area contributed by atoms with Crippen molar-refractivity contribution in [2.24, 2.45) is 16.2 Å². The summed E-state index contributed by atoms with van der Waals surface area (Å²) >= 11 is 0. The third-order valence-corrected chi connectivity index (χ3v) is 5.85. The number of fused-ring (bicyclic) bond motifs is 1. The minimum absolute atomic E-state index is 0.531. The number of allylic oxidation sites excluding steroid dienone is 2. The molecule has 2 aliphatic rings. The third-order valence-electron chi connectivity index (χ3n) is 5.85. The molecule has 0 spiro atoms. The molecular weight excluding hydrogens is 156 g/mol. The van der Waals surface area contributed by atoms with E-state index in [1.54, 1.807) is 5.57 Å². The average molecular weight is 178 g/mol. The first kappa shape index (κ1) is 9.30. The van der Waals surface area contributed by atoms with Gasteiger partial charge < -0.3 is 0 Å². The molecule has 0 bridgehead atoms. The lowest BCUT2D eigenvalue weighted by atomic mass is 9.85. The highest BCUT2D eigenvalue weighted by atomic mass is 14.8. The van der Waals surface area contributed by atoms with Crippen molar-refractivity contribution in [3.63, 3.8) is 0 Å². The van der Waals surface area contributed by atoms with Crippen LogP contribution in [0.2, 0.25) is 0 Å². The minimum atomic E-state index is 0.531. The number of hydrogen-bond acceptors (Lipinski definition) is 0. The van der Waals surface area contributed by atoms with E-state index in [0.29, 0.717) is 16.2 Å². The summed E-state index contributed by atoms with van der Waals surface area (Å²) in [6.45, 7) is 12.1. The Morgan fingerprint density at radius 2 is 1.85 bits per heavy atom. The maximum absolute atomic E-state index is 2.50. The molecule has 3 atom stereocenters. The maximum Gasteiger partial charge on any atom is 0.000499 e. The molecule has 1 fully saturated rings. The van der Waals surface area contributed by atoms with Crippen molar-refractivity contribution in [2.75, 3.05) is 0 Å². The largest absolute Gasteiger partial charge is 0.0842 e. The third kappa shape index (κ3) is 0.639. The normalized spacial score (nSPS) is 53.2. The van der Waals surface area contributed by atoms with Crippen LogP contribution < -0.4 is 0 Å². The van der Waals surface area contributed by atoms with Crippen molar-refractivity contribution in [1.29, 1.82) is 0 Å². The first-order valence-corrected chi connectivity index (χ1v) is 5.67. The van der Waals surface area contributed by atoms with Gasteiger partial charge in [0.2, 0.25) is 0 Å². The van der Waals surface area contributed by atoms with Crippen LogP contribution in [0.25, 0.3) is 0 Å². The van der Waals surface area contributed by atoms with Crippen molar-refractivity contribution in [1.82, 2.24) is 0 Å². The second-order valence-corrected chi connectivity index (χ2v) is 5.43. The summed E-state index contributed by atoms with van der Waals surface area (Å²) in [4.78, 5) is 0. The van der Waals surface area contributed by atoms with Gasteiger partial charge in [0.1, 0.15) is 0 Å². The van der Waals surface area contributed by atoms with Gasteiger partial charge >= 0.3 is 0 Å². The Morgan fingerprint density at radius 1 is 1.23 bits per heavy atom. The summed E-state index contributed by atoms with van der Waals surface area (Å²) in [5.41, 5.74) is 3.42. The van der Waals surface area contributed by atoms with Crippen LogP contribution in [0.15, 0.2) is 11.6 Å². The lowest BCUT2D eigenvalue weighted by Gasteiger charge is -2.19. The van der Waals surface area contributed by atoms with Crippen LogP contribution in [0.5, 0.6) is 0 Å². The molecule has 0 aromatic heterocycles. The van der Waals surface area contributed by atoms with E-state index in [4.69, 9.17) is 0 Å². The fourth-order valence-corrected chi connectivity index (χ4v) is 4.22. The molecule has 0 aliphatic heterocycles. The average Bonchev–Trinajstić information content (AvgIpc) is 2.40. The molecule has 0 saturated heterocycles. The Morgan fingerprint density at radius 3 is 2.23 bits per heavy atom.